The molecule has 2 rings (SSSR count). The number of aryl methyl sites for hydroxylation is 1. The fourth-order valence-electron chi connectivity index (χ4n) is 2.93. The highest BCUT2D eigenvalue weighted by Crippen LogP contribution is 2.29. The Labute approximate surface area is 110 Å². The maximum absolute atomic E-state index is 3.82. The molecule has 96 valence electrons. The molecular weight excluding hydrogens is 226 g/mol. The highest BCUT2D eigenvalue weighted by molar-refractivity contribution is 7.12. The van der Waals surface area contributed by atoms with Gasteiger partial charge in [-0.05, 0) is 44.7 Å². The van der Waals surface area contributed by atoms with Crippen LogP contribution in [0.25, 0.3) is 0 Å². The molecule has 1 aliphatic carbocycles. The van der Waals surface area contributed by atoms with Gasteiger partial charge in [-0.25, -0.2) is 0 Å². The molecule has 3 unspecified atom stereocenters. The lowest BCUT2D eigenvalue weighted by Gasteiger charge is -2.31. The van der Waals surface area contributed by atoms with E-state index in [-0.39, 0.29) is 0 Å². The van der Waals surface area contributed by atoms with Gasteiger partial charge in [0.2, 0.25) is 0 Å². The summed E-state index contributed by atoms with van der Waals surface area (Å²) in [7, 11) is 0. The van der Waals surface area contributed by atoms with Crippen LogP contribution in [0.3, 0.4) is 0 Å². The van der Waals surface area contributed by atoms with E-state index < -0.39 is 0 Å². The van der Waals surface area contributed by atoms with Gasteiger partial charge < -0.3 is 5.32 Å². The predicted molar refractivity (Wildman–Crippen MR) is 76.6 cm³/mol. The summed E-state index contributed by atoms with van der Waals surface area (Å²) >= 11 is 1.93. The van der Waals surface area contributed by atoms with E-state index >= 15 is 0 Å². The van der Waals surface area contributed by atoms with E-state index in [1.165, 1.54) is 41.9 Å². The van der Waals surface area contributed by atoms with E-state index in [0.29, 0.717) is 6.04 Å². The lowest BCUT2D eigenvalue weighted by Crippen LogP contribution is -2.35. The van der Waals surface area contributed by atoms with Crippen molar-refractivity contribution in [3.63, 3.8) is 0 Å². The Hall–Kier alpha value is -0.340. The Balaban J connectivity index is 1.87. The van der Waals surface area contributed by atoms with E-state index in [1.807, 2.05) is 11.3 Å². The van der Waals surface area contributed by atoms with Crippen molar-refractivity contribution in [2.24, 2.45) is 5.92 Å². The van der Waals surface area contributed by atoms with Crippen molar-refractivity contribution < 1.29 is 0 Å². The van der Waals surface area contributed by atoms with Crippen molar-refractivity contribution in [1.29, 1.82) is 0 Å². The summed E-state index contributed by atoms with van der Waals surface area (Å²) in [6, 6.07) is 5.77. The van der Waals surface area contributed by atoms with Crippen LogP contribution in [0.15, 0.2) is 12.1 Å². The SMILES string of the molecule is CCC1CCCC(NC(C)c2ccc(C)s2)C1. The van der Waals surface area contributed by atoms with Crippen LogP contribution in [0.4, 0.5) is 0 Å². The number of rotatable bonds is 4. The minimum atomic E-state index is 0.523. The van der Waals surface area contributed by atoms with Gasteiger partial charge in [-0.3, -0.25) is 0 Å². The van der Waals surface area contributed by atoms with Gasteiger partial charge in [-0.1, -0.05) is 26.2 Å². The van der Waals surface area contributed by atoms with Gasteiger partial charge in [0, 0.05) is 21.8 Å². The summed E-state index contributed by atoms with van der Waals surface area (Å²) in [6.07, 6.45) is 6.95. The minimum Gasteiger partial charge on any atom is -0.307 e. The summed E-state index contributed by atoms with van der Waals surface area (Å²) < 4.78 is 0. The number of nitrogens with one attached hydrogen (secondary N) is 1. The molecule has 0 bridgehead atoms. The fraction of sp³-hybridized carbons (Fsp3) is 0.733. The van der Waals surface area contributed by atoms with E-state index in [0.717, 1.165) is 12.0 Å². The fourth-order valence-corrected chi connectivity index (χ4v) is 3.82. The van der Waals surface area contributed by atoms with Crippen LogP contribution in [-0.4, -0.2) is 6.04 Å². The number of hydrogen-bond acceptors (Lipinski definition) is 2. The standard InChI is InChI=1S/C15H25NS/c1-4-13-6-5-7-14(10-13)16-12(3)15-9-8-11(2)17-15/h8-9,12-14,16H,4-7,10H2,1-3H3. The molecule has 2 heteroatoms. The van der Waals surface area contributed by atoms with Gasteiger partial charge in [0.05, 0.1) is 0 Å². The summed E-state index contributed by atoms with van der Waals surface area (Å²) in [5.41, 5.74) is 0. The van der Waals surface area contributed by atoms with E-state index in [1.54, 1.807) is 0 Å². The lowest BCUT2D eigenvalue weighted by atomic mass is 9.84. The maximum atomic E-state index is 3.82. The summed E-state index contributed by atoms with van der Waals surface area (Å²) in [5, 5.41) is 3.82. The Morgan fingerprint density at radius 2 is 2.24 bits per heavy atom. The maximum Gasteiger partial charge on any atom is 0.0388 e. The van der Waals surface area contributed by atoms with Crippen LogP contribution in [0.1, 0.15) is 61.7 Å². The molecule has 1 saturated carbocycles. The molecule has 1 aromatic rings. The summed E-state index contributed by atoms with van der Waals surface area (Å²) in [4.78, 5) is 2.91. The zero-order chi connectivity index (χ0) is 12.3. The Morgan fingerprint density at radius 3 is 2.88 bits per heavy atom. The highest BCUT2D eigenvalue weighted by Gasteiger charge is 2.22. The zero-order valence-corrected chi connectivity index (χ0v) is 12.1. The van der Waals surface area contributed by atoms with Crippen molar-refractivity contribution in [3.8, 4) is 0 Å². The van der Waals surface area contributed by atoms with Crippen molar-refractivity contribution in [3.05, 3.63) is 21.9 Å². The van der Waals surface area contributed by atoms with Crippen molar-refractivity contribution in [1.82, 2.24) is 5.32 Å². The first-order valence-corrected chi connectivity index (χ1v) is 7.83. The quantitative estimate of drug-likeness (QED) is 0.819. The second kappa shape index (κ2) is 6.01. The minimum absolute atomic E-state index is 0.523. The van der Waals surface area contributed by atoms with Crippen LogP contribution >= 0.6 is 11.3 Å². The molecule has 3 atom stereocenters. The monoisotopic (exact) mass is 251 g/mol. The van der Waals surface area contributed by atoms with Gasteiger partial charge in [0.15, 0.2) is 0 Å². The molecule has 0 spiro atoms. The average molecular weight is 251 g/mol. The van der Waals surface area contributed by atoms with E-state index in [9.17, 15) is 0 Å². The van der Waals surface area contributed by atoms with Gasteiger partial charge in [0.25, 0.3) is 0 Å². The van der Waals surface area contributed by atoms with Gasteiger partial charge in [0.1, 0.15) is 0 Å². The third-order valence-electron chi connectivity index (χ3n) is 4.03. The molecule has 1 aliphatic rings. The van der Waals surface area contributed by atoms with Gasteiger partial charge in [-0.15, -0.1) is 11.3 Å². The molecule has 1 nitrogen and oxygen atoms in total. The molecule has 0 amide bonds. The molecule has 0 aromatic carbocycles. The molecule has 0 saturated heterocycles. The number of hydrogen-bond donors (Lipinski definition) is 1. The zero-order valence-electron chi connectivity index (χ0n) is 11.3. The Bertz CT molecular complexity index is 344. The number of thiophene rings is 1. The molecular formula is C15H25NS. The van der Waals surface area contributed by atoms with Crippen LogP contribution < -0.4 is 5.32 Å². The van der Waals surface area contributed by atoms with Gasteiger partial charge >= 0.3 is 0 Å². The topological polar surface area (TPSA) is 12.0 Å². The Kier molecular flexibility index (Phi) is 4.63. The van der Waals surface area contributed by atoms with Crippen molar-refractivity contribution in [2.45, 2.75) is 65.0 Å². The summed E-state index contributed by atoms with van der Waals surface area (Å²) in [6.45, 7) is 6.83. The van der Waals surface area contributed by atoms with Crippen LogP contribution in [-0.2, 0) is 0 Å². The first kappa shape index (κ1) is 13.1. The van der Waals surface area contributed by atoms with E-state index in [2.05, 4.69) is 38.2 Å². The lowest BCUT2D eigenvalue weighted by molar-refractivity contribution is 0.266. The Morgan fingerprint density at radius 1 is 1.41 bits per heavy atom. The molecule has 0 radical (unpaired) electrons. The van der Waals surface area contributed by atoms with E-state index in [4.69, 9.17) is 0 Å². The smallest absolute Gasteiger partial charge is 0.0388 e. The molecule has 1 fully saturated rings. The third kappa shape index (κ3) is 3.56. The molecule has 1 N–H and O–H groups in total. The van der Waals surface area contributed by atoms with Crippen LogP contribution in [0.2, 0.25) is 0 Å². The average Bonchev–Trinajstić information content (AvgIpc) is 2.76. The van der Waals surface area contributed by atoms with Gasteiger partial charge in [-0.2, -0.15) is 0 Å². The predicted octanol–water partition coefficient (Wildman–Crippen LogP) is 4.68. The summed E-state index contributed by atoms with van der Waals surface area (Å²) in [5.74, 6) is 0.957. The molecule has 1 aromatic heterocycles. The largest absolute Gasteiger partial charge is 0.307 e. The molecule has 0 aliphatic heterocycles. The second-order valence-corrected chi connectivity index (χ2v) is 6.79. The normalized spacial score (nSPS) is 27.0. The second-order valence-electron chi connectivity index (χ2n) is 5.47. The van der Waals surface area contributed by atoms with Crippen LogP contribution in [0.5, 0.6) is 0 Å². The van der Waals surface area contributed by atoms with Crippen molar-refractivity contribution in [2.75, 3.05) is 0 Å². The van der Waals surface area contributed by atoms with Crippen molar-refractivity contribution >= 4 is 11.3 Å². The molecule has 17 heavy (non-hydrogen) atoms. The highest BCUT2D eigenvalue weighted by atomic mass is 32.1. The first-order valence-electron chi connectivity index (χ1n) is 7.01. The first-order chi connectivity index (χ1) is 8.19. The van der Waals surface area contributed by atoms with Crippen LogP contribution in [0, 0.1) is 12.8 Å². The third-order valence-corrected chi connectivity index (χ3v) is 5.22. The molecule has 1 heterocycles.